The molecule has 3 aliphatic rings. The van der Waals surface area contributed by atoms with Crippen LogP contribution in [0.15, 0.2) is 103 Å². The summed E-state index contributed by atoms with van der Waals surface area (Å²) in [6, 6.07) is 34.9. The minimum Gasteiger partial charge on any atom is -0.494 e. The summed E-state index contributed by atoms with van der Waals surface area (Å²) in [5.74, 6) is -2.13. The average Bonchev–Trinajstić information content (AvgIpc) is 3.22. The summed E-state index contributed by atoms with van der Waals surface area (Å²) in [7, 11) is 0.222. The monoisotopic (exact) mass is 828 g/mol. The van der Waals surface area contributed by atoms with Gasteiger partial charge in [-0.3, -0.25) is 4.79 Å². The van der Waals surface area contributed by atoms with Crippen molar-refractivity contribution in [1.82, 2.24) is 0 Å². The molecule has 7 rings (SSSR count). The molecule has 3 fully saturated rings. The number of esters is 1. The molecule has 0 aromatic heterocycles. The summed E-state index contributed by atoms with van der Waals surface area (Å²) in [6.45, 7) is 10.9. The first-order chi connectivity index (χ1) is 27.9. The lowest BCUT2D eigenvalue weighted by Gasteiger charge is -2.60. The lowest BCUT2D eigenvalue weighted by atomic mass is 9.82. The van der Waals surface area contributed by atoms with Crippen LogP contribution in [0.2, 0.25) is 10.1 Å². The Hall–Kier alpha value is -3.58. The normalized spacial score (nSPS) is 27.3. The minimum absolute atomic E-state index is 0.160. The Morgan fingerprint density at radius 1 is 0.828 bits per heavy atom. The Bertz CT molecular complexity index is 1950. The molecule has 0 radical (unpaired) electrons. The van der Waals surface area contributed by atoms with Gasteiger partial charge in [0.05, 0.1) is 13.2 Å². The van der Waals surface area contributed by atoms with E-state index in [4.69, 9.17) is 49.2 Å². The van der Waals surface area contributed by atoms with Gasteiger partial charge in [0.25, 0.3) is 8.32 Å². The molecule has 7 atom stereocenters. The number of methoxy groups -OCH3 is 2. The molecule has 2 aliphatic heterocycles. The molecule has 4 aromatic rings. The number of carbonyl (C=O) groups excluding carboxylic acids is 1. The molecule has 58 heavy (non-hydrogen) atoms. The van der Waals surface area contributed by atoms with Gasteiger partial charge >= 0.3 is 5.97 Å². The van der Waals surface area contributed by atoms with E-state index in [1.807, 2.05) is 61.5 Å². The lowest BCUT2D eigenvalue weighted by Crippen LogP contribution is -2.75. The molecule has 0 spiro atoms. The van der Waals surface area contributed by atoms with Crippen LogP contribution in [-0.4, -0.2) is 77.7 Å². The van der Waals surface area contributed by atoms with Crippen molar-refractivity contribution in [3.05, 3.63) is 125 Å². The lowest BCUT2D eigenvalue weighted by molar-refractivity contribution is -0.491. The van der Waals surface area contributed by atoms with E-state index in [9.17, 15) is 4.79 Å². The second-order valence-electron chi connectivity index (χ2n) is 16.5. The van der Waals surface area contributed by atoms with Crippen molar-refractivity contribution < 1.29 is 42.4 Å². The van der Waals surface area contributed by atoms with Crippen molar-refractivity contribution in [3.63, 3.8) is 0 Å². The first kappa shape index (κ1) is 42.5. The first-order valence-corrected chi connectivity index (χ1v) is 22.7. The zero-order valence-electron chi connectivity index (χ0n) is 34.7. The van der Waals surface area contributed by atoms with Crippen LogP contribution in [0.4, 0.5) is 0 Å². The third-order valence-corrected chi connectivity index (χ3v) is 17.4. The first-order valence-electron chi connectivity index (χ1n) is 20.4. The third-order valence-electron chi connectivity index (χ3n) is 12.0. The van der Waals surface area contributed by atoms with Crippen LogP contribution in [-0.2, 0) is 44.1 Å². The number of hydrogen-bond donors (Lipinski definition) is 0. The molecule has 11 heteroatoms. The fraction of sp³-hybridized carbons (Fsp3) is 0.468. The predicted octanol–water partition coefficient (Wildman–Crippen LogP) is 8.32. The van der Waals surface area contributed by atoms with E-state index in [1.165, 1.54) is 6.92 Å². The highest BCUT2D eigenvalue weighted by Gasteiger charge is 2.67. The number of fused-ring (bicyclic) bond motifs is 2. The summed E-state index contributed by atoms with van der Waals surface area (Å²) in [4.78, 5) is 13.0. The summed E-state index contributed by atoms with van der Waals surface area (Å²) < 4.78 is 53.5. The Labute approximate surface area is 349 Å². The van der Waals surface area contributed by atoms with Gasteiger partial charge in [0.1, 0.15) is 30.2 Å². The number of carbonyl (C=O) groups is 1. The van der Waals surface area contributed by atoms with Gasteiger partial charge < -0.3 is 37.6 Å². The summed E-state index contributed by atoms with van der Waals surface area (Å²) in [6.07, 6.45) is -0.549. The van der Waals surface area contributed by atoms with Gasteiger partial charge in [-0.15, -0.1) is 0 Å². The van der Waals surface area contributed by atoms with Crippen LogP contribution in [0.1, 0.15) is 83.1 Å². The highest BCUT2D eigenvalue weighted by molar-refractivity contribution is 6.99. The highest BCUT2D eigenvalue weighted by atomic mass is 35.5. The van der Waals surface area contributed by atoms with E-state index in [1.54, 1.807) is 14.2 Å². The van der Waals surface area contributed by atoms with Gasteiger partial charge in [-0.25, -0.2) is 0 Å². The summed E-state index contributed by atoms with van der Waals surface area (Å²) in [5, 5.41) is 2.62. The molecule has 2 saturated heterocycles. The molecule has 9 nitrogen and oxygen atoms in total. The summed E-state index contributed by atoms with van der Waals surface area (Å²) >= 11 is 6.89. The van der Waals surface area contributed by atoms with Crippen molar-refractivity contribution in [2.75, 3.05) is 27.4 Å². The van der Waals surface area contributed by atoms with Crippen molar-refractivity contribution in [3.8, 4) is 5.75 Å². The molecule has 0 amide bonds. The van der Waals surface area contributed by atoms with Gasteiger partial charge in [0.15, 0.2) is 6.10 Å². The molecule has 2 heterocycles. The van der Waals surface area contributed by atoms with E-state index in [0.717, 1.165) is 45.7 Å². The topological polar surface area (TPSA) is 90.9 Å². The van der Waals surface area contributed by atoms with E-state index in [0.29, 0.717) is 30.9 Å². The van der Waals surface area contributed by atoms with Crippen molar-refractivity contribution >= 4 is 36.3 Å². The van der Waals surface area contributed by atoms with E-state index < -0.39 is 56.4 Å². The number of hydrogen-bond acceptors (Lipinski definition) is 9. The van der Waals surface area contributed by atoms with E-state index >= 15 is 0 Å². The summed E-state index contributed by atoms with van der Waals surface area (Å²) in [5.41, 5.74) is 2.75. The SMILES string of the molecule is CCOc1ccc(Cc2cc(C3OC(CO[Si](c4ccccc4)(c4ccccc4)C(C)(C)C)C4OC5(OC)CCCCC5(OC)OC4C3OC(C)=O)ccc2Cl)cc1. The molecule has 4 aromatic carbocycles. The quantitative estimate of drug-likeness (QED) is 0.0976. The standard InChI is InChI=1S/C47H57ClO9Si/c1-8-52-36-24-21-33(22-25-36)29-35-30-34(23-26-39(35)48)41-43(54-32(2)49)44-42(56-46(50-6)27-15-16-28-47(46,51-7)57-44)40(55-41)31-53-58(45(3,4)5,37-17-11-9-12-18-37)38-19-13-10-14-20-38/h9-14,17-26,30,40-44H,8,15-16,27-29,31H2,1-7H3. The van der Waals surface area contributed by atoms with Gasteiger partial charge in [-0.2, -0.15) is 0 Å². The molecule has 0 N–H and O–H groups in total. The van der Waals surface area contributed by atoms with E-state index in [-0.39, 0.29) is 11.6 Å². The van der Waals surface area contributed by atoms with Crippen LogP contribution in [0.5, 0.6) is 5.75 Å². The largest absolute Gasteiger partial charge is 0.494 e. The fourth-order valence-electron chi connectivity index (χ4n) is 9.32. The van der Waals surface area contributed by atoms with Crippen LogP contribution in [0, 0.1) is 0 Å². The van der Waals surface area contributed by atoms with Crippen LogP contribution in [0.3, 0.4) is 0 Å². The Balaban J connectivity index is 1.33. The van der Waals surface area contributed by atoms with Crippen LogP contribution < -0.4 is 15.1 Å². The van der Waals surface area contributed by atoms with Gasteiger partial charge in [0.2, 0.25) is 11.6 Å². The number of ether oxygens (including phenoxy) is 7. The zero-order valence-corrected chi connectivity index (χ0v) is 36.5. The van der Waals surface area contributed by atoms with E-state index in [2.05, 4.69) is 69.3 Å². The van der Waals surface area contributed by atoms with Gasteiger partial charge in [-0.1, -0.05) is 117 Å². The fourth-order valence-corrected chi connectivity index (χ4v) is 14.1. The van der Waals surface area contributed by atoms with Crippen LogP contribution >= 0.6 is 11.6 Å². The van der Waals surface area contributed by atoms with Crippen molar-refractivity contribution in [2.45, 2.75) is 114 Å². The number of halogens is 1. The molecule has 0 bridgehead atoms. The number of benzene rings is 4. The highest BCUT2D eigenvalue weighted by Crippen LogP contribution is 2.53. The minimum atomic E-state index is -3.03. The molecule has 1 saturated carbocycles. The molecule has 1 aliphatic carbocycles. The van der Waals surface area contributed by atoms with Crippen LogP contribution in [0.25, 0.3) is 0 Å². The second kappa shape index (κ2) is 17.6. The predicted molar refractivity (Wildman–Crippen MR) is 226 cm³/mol. The van der Waals surface area contributed by atoms with Gasteiger partial charge in [0, 0.05) is 39.0 Å². The molecular formula is C47H57ClO9Si. The maximum atomic E-state index is 13.0. The van der Waals surface area contributed by atoms with Crippen molar-refractivity contribution in [1.29, 1.82) is 0 Å². The zero-order chi connectivity index (χ0) is 41.1. The second-order valence-corrected chi connectivity index (χ2v) is 21.2. The molecular weight excluding hydrogens is 772 g/mol. The smallest absolute Gasteiger partial charge is 0.303 e. The molecule has 310 valence electrons. The molecule has 7 unspecified atom stereocenters. The Morgan fingerprint density at radius 2 is 1.41 bits per heavy atom. The Kier molecular flexibility index (Phi) is 12.9. The van der Waals surface area contributed by atoms with Gasteiger partial charge in [-0.05, 0) is 76.5 Å². The third kappa shape index (κ3) is 8.02. The maximum absolute atomic E-state index is 13.0. The number of rotatable bonds is 13. The Morgan fingerprint density at radius 3 is 1.95 bits per heavy atom. The average molecular weight is 830 g/mol. The maximum Gasteiger partial charge on any atom is 0.303 e. The van der Waals surface area contributed by atoms with Crippen molar-refractivity contribution in [2.24, 2.45) is 0 Å².